The van der Waals surface area contributed by atoms with Crippen molar-refractivity contribution < 1.29 is 0 Å². The van der Waals surface area contributed by atoms with Crippen LogP contribution >= 0.6 is 11.6 Å². The van der Waals surface area contributed by atoms with Crippen molar-refractivity contribution in [2.24, 2.45) is 7.05 Å². The average molecular weight is 275 g/mol. The van der Waals surface area contributed by atoms with Gasteiger partial charge in [-0.2, -0.15) is 10.1 Å². The highest BCUT2D eigenvalue weighted by atomic mass is 35.5. The third-order valence-corrected chi connectivity index (χ3v) is 3.25. The Morgan fingerprint density at radius 2 is 1.95 bits per heavy atom. The van der Waals surface area contributed by atoms with E-state index in [0.717, 1.165) is 11.3 Å². The van der Waals surface area contributed by atoms with Gasteiger partial charge in [-0.15, -0.1) is 0 Å². The van der Waals surface area contributed by atoms with Gasteiger partial charge >= 0.3 is 0 Å². The summed E-state index contributed by atoms with van der Waals surface area (Å²) in [7, 11) is 1.73. The Morgan fingerprint density at radius 1 is 1.26 bits per heavy atom. The fourth-order valence-electron chi connectivity index (χ4n) is 2.10. The van der Waals surface area contributed by atoms with Gasteiger partial charge in [-0.25, -0.2) is 0 Å². The van der Waals surface area contributed by atoms with Gasteiger partial charge in [-0.1, -0.05) is 11.6 Å². The zero-order valence-electron chi connectivity index (χ0n) is 10.4. The van der Waals surface area contributed by atoms with Crippen LogP contribution in [0.25, 0.3) is 22.4 Å². The molecule has 0 unspecified atom stereocenters. The summed E-state index contributed by atoms with van der Waals surface area (Å²) in [4.78, 5) is 19.3. The second-order valence-electron chi connectivity index (χ2n) is 4.33. The van der Waals surface area contributed by atoms with Crippen LogP contribution in [0.3, 0.4) is 0 Å². The number of aromatic amines is 1. The smallest absolute Gasteiger partial charge is 0.299 e. The first kappa shape index (κ1) is 11.9. The number of nitrogens with zero attached hydrogens (tertiary/aromatic N) is 3. The number of benzene rings is 1. The lowest BCUT2D eigenvalue weighted by Gasteiger charge is -2.02. The highest BCUT2D eigenvalue weighted by Gasteiger charge is 2.12. The normalized spacial score (nSPS) is 11.1. The van der Waals surface area contributed by atoms with E-state index in [-0.39, 0.29) is 5.56 Å². The van der Waals surface area contributed by atoms with E-state index in [1.807, 2.05) is 19.1 Å². The summed E-state index contributed by atoms with van der Waals surface area (Å²) < 4.78 is 1.54. The zero-order chi connectivity index (χ0) is 13.6. The Morgan fingerprint density at radius 3 is 2.63 bits per heavy atom. The predicted octanol–water partition coefficient (Wildman–Crippen LogP) is 2.29. The first-order valence-electron chi connectivity index (χ1n) is 5.76. The molecule has 0 amide bonds. The average Bonchev–Trinajstić information content (AvgIpc) is 2.66. The maximum Gasteiger partial charge on any atom is 0.299 e. The van der Waals surface area contributed by atoms with Crippen molar-refractivity contribution in [1.29, 1.82) is 0 Å². The van der Waals surface area contributed by atoms with Gasteiger partial charge in [-0.05, 0) is 31.2 Å². The SMILES string of the molecule is Cc1nn(C)c2c(=O)nc(-c3ccc(Cl)cc3)[nH]c12. The van der Waals surface area contributed by atoms with Crippen LogP contribution in [0.4, 0.5) is 0 Å². The summed E-state index contributed by atoms with van der Waals surface area (Å²) in [5, 5.41) is 4.87. The van der Waals surface area contributed by atoms with E-state index in [9.17, 15) is 4.79 Å². The molecule has 0 saturated carbocycles. The number of hydrogen-bond acceptors (Lipinski definition) is 3. The summed E-state index contributed by atoms with van der Waals surface area (Å²) in [6.07, 6.45) is 0. The number of aryl methyl sites for hydroxylation is 2. The molecule has 2 heterocycles. The van der Waals surface area contributed by atoms with E-state index in [1.165, 1.54) is 0 Å². The van der Waals surface area contributed by atoms with Crippen LogP contribution in [-0.2, 0) is 7.05 Å². The van der Waals surface area contributed by atoms with Crippen molar-refractivity contribution in [3.05, 3.63) is 45.3 Å². The maximum atomic E-state index is 12.1. The molecule has 5 nitrogen and oxygen atoms in total. The van der Waals surface area contributed by atoms with E-state index in [2.05, 4.69) is 15.1 Å². The molecular weight excluding hydrogens is 264 g/mol. The molecule has 0 aliphatic carbocycles. The van der Waals surface area contributed by atoms with Crippen LogP contribution in [0.15, 0.2) is 29.1 Å². The van der Waals surface area contributed by atoms with Gasteiger partial charge in [0.2, 0.25) is 0 Å². The molecule has 3 aromatic rings. The number of hydrogen-bond donors (Lipinski definition) is 1. The third-order valence-electron chi connectivity index (χ3n) is 3.00. The summed E-state index contributed by atoms with van der Waals surface area (Å²) >= 11 is 5.85. The molecule has 0 aliphatic rings. The lowest BCUT2D eigenvalue weighted by atomic mass is 10.2. The monoisotopic (exact) mass is 274 g/mol. The standard InChI is InChI=1S/C13H11ClN4O/c1-7-10-11(18(2)17-7)13(19)16-12(15-10)8-3-5-9(14)6-4-8/h3-6H,1-2H3,(H,15,16,19). The van der Waals surface area contributed by atoms with Gasteiger partial charge in [-0.3, -0.25) is 9.48 Å². The largest absolute Gasteiger partial charge is 0.336 e. The topological polar surface area (TPSA) is 63.6 Å². The fraction of sp³-hybridized carbons (Fsp3) is 0.154. The molecule has 0 atom stereocenters. The lowest BCUT2D eigenvalue weighted by molar-refractivity contribution is 0.779. The number of aromatic nitrogens is 4. The molecule has 0 bridgehead atoms. The summed E-state index contributed by atoms with van der Waals surface area (Å²) in [5.41, 5.74) is 2.49. The summed E-state index contributed by atoms with van der Waals surface area (Å²) in [6.45, 7) is 1.85. The van der Waals surface area contributed by atoms with Crippen molar-refractivity contribution in [1.82, 2.24) is 19.7 Å². The van der Waals surface area contributed by atoms with E-state index < -0.39 is 0 Å². The van der Waals surface area contributed by atoms with E-state index in [0.29, 0.717) is 21.9 Å². The predicted molar refractivity (Wildman–Crippen MR) is 74.3 cm³/mol. The van der Waals surface area contributed by atoms with Crippen LogP contribution in [0.2, 0.25) is 5.02 Å². The Balaban J connectivity index is 2.29. The van der Waals surface area contributed by atoms with Crippen molar-refractivity contribution in [3.8, 4) is 11.4 Å². The van der Waals surface area contributed by atoms with Gasteiger partial charge in [0, 0.05) is 17.6 Å². The van der Waals surface area contributed by atoms with Crippen LogP contribution < -0.4 is 5.56 Å². The summed E-state index contributed by atoms with van der Waals surface area (Å²) in [6, 6.07) is 7.16. The van der Waals surface area contributed by atoms with Gasteiger partial charge in [0.1, 0.15) is 5.82 Å². The Hall–Kier alpha value is -2.14. The molecule has 96 valence electrons. The molecule has 0 fully saturated rings. The summed E-state index contributed by atoms with van der Waals surface area (Å²) in [5.74, 6) is 0.519. The highest BCUT2D eigenvalue weighted by Crippen LogP contribution is 2.19. The molecule has 3 rings (SSSR count). The van der Waals surface area contributed by atoms with Crippen LogP contribution in [0.5, 0.6) is 0 Å². The first-order chi connectivity index (χ1) is 9.06. The molecule has 1 N–H and O–H groups in total. The molecular formula is C13H11ClN4O. The molecule has 2 aromatic heterocycles. The molecule has 0 radical (unpaired) electrons. The third kappa shape index (κ3) is 1.92. The number of fused-ring (bicyclic) bond motifs is 1. The highest BCUT2D eigenvalue weighted by molar-refractivity contribution is 6.30. The second-order valence-corrected chi connectivity index (χ2v) is 4.77. The van der Waals surface area contributed by atoms with E-state index in [1.54, 1.807) is 23.9 Å². The minimum atomic E-state index is -0.290. The second kappa shape index (κ2) is 4.20. The molecule has 0 saturated heterocycles. The van der Waals surface area contributed by atoms with Crippen LogP contribution in [-0.4, -0.2) is 19.7 Å². The van der Waals surface area contributed by atoms with E-state index >= 15 is 0 Å². The minimum absolute atomic E-state index is 0.290. The van der Waals surface area contributed by atoms with Crippen molar-refractivity contribution >= 4 is 22.6 Å². The maximum absolute atomic E-state index is 12.1. The Labute approximate surface area is 113 Å². The first-order valence-corrected chi connectivity index (χ1v) is 6.13. The molecule has 6 heteroatoms. The number of halogens is 1. The van der Waals surface area contributed by atoms with Gasteiger partial charge in [0.15, 0.2) is 5.52 Å². The molecule has 0 spiro atoms. The minimum Gasteiger partial charge on any atom is -0.336 e. The lowest BCUT2D eigenvalue weighted by Crippen LogP contribution is -2.12. The number of rotatable bonds is 1. The van der Waals surface area contributed by atoms with Crippen molar-refractivity contribution in [2.45, 2.75) is 6.92 Å². The Kier molecular flexibility index (Phi) is 2.64. The van der Waals surface area contributed by atoms with Crippen molar-refractivity contribution in [3.63, 3.8) is 0 Å². The van der Waals surface area contributed by atoms with Gasteiger partial charge < -0.3 is 4.98 Å². The van der Waals surface area contributed by atoms with Crippen LogP contribution in [0, 0.1) is 6.92 Å². The Bertz CT molecular complexity index is 817. The van der Waals surface area contributed by atoms with Gasteiger partial charge in [0.05, 0.1) is 11.2 Å². The quantitative estimate of drug-likeness (QED) is 0.740. The number of nitrogens with one attached hydrogen (secondary N) is 1. The number of H-pyrrole nitrogens is 1. The van der Waals surface area contributed by atoms with Crippen molar-refractivity contribution in [2.75, 3.05) is 0 Å². The zero-order valence-corrected chi connectivity index (χ0v) is 11.2. The van der Waals surface area contributed by atoms with Crippen LogP contribution in [0.1, 0.15) is 5.69 Å². The fourth-order valence-corrected chi connectivity index (χ4v) is 2.22. The van der Waals surface area contributed by atoms with Gasteiger partial charge in [0.25, 0.3) is 5.56 Å². The molecule has 0 aliphatic heterocycles. The van der Waals surface area contributed by atoms with E-state index in [4.69, 9.17) is 11.6 Å². The molecule has 19 heavy (non-hydrogen) atoms. The molecule has 1 aromatic carbocycles.